The van der Waals surface area contributed by atoms with Crippen molar-refractivity contribution in [2.24, 2.45) is 0 Å². The topological polar surface area (TPSA) is 61.6 Å². The number of aromatic nitrogens is 1. The van der Waals surface area contributed by atoms with Gasteiger partial charge in [0.2, 0.25) is 5.91 Å². The second-order valence-corrected chi connectivity index (χ2v) is 6.37. The molecule has 2 aromatic rings. The zero-order chi connectivity index (χ0) is 17.1. The molecule has 1 unspecified atom stereocenters. The lowest BCUT2D eigenvalue weighted by atomic mass is 10.2. The van der Waals surface area contributed by atoms with Crippen molar-refractivity contribution >= 4 is 29.0 Å². The number of carbonyl (C=O) groups excluding carboxylic acids is 1. The molecule has 1 fully saturated rings. The van der Waals surface area contributed by atoms with Gasteiger partial charge in [0.25, 0.3) is 0 Å². The van der Waals surface area contributed by atoms with E-state index in [9.17, 15) is 4.79 Å². The van der Waals surface area contributed by atoms with E-state index in [1.807, 2.05) is 31.2 Å². The summed E-state index contributed by atoms with van der Waals surface area (Å²) in [6.07, 6.45) is 0. The number of nitrogens with one attached hydrogen (secondary N) is 1. The summed E-state index contributed by atoms with van der Waals surface area (Å²) in [4.78, 5) is 16.8. The highest BCUT2D eigenvalue weighted by Crippen LogP contribution is 2.26. The molecule has 0 bridgehead atoms. The van der Waals surface area contributed by atoms with E-state index in [2.05, 4.69) is 20.3 Å². The summed E-state index contributed by atoms with van der Waals surface area (Å²) < 4.78 is 4.97. The molecular weight excluding hydrogens is 328 g/mol. The Labute approximate surface area is 146 Å². The molecule has 0 saturated carbocycles. The van der Waals surface area contributed by atoms with Crippen molar-refractivity contribution in [3.63, 3.8) is 0 Å². The van der Waals surface area contributed by atoms with Crippen molar-refractivity contribution in [3.05, 3.63) is 41.1 Å². The van der Waals surface area contributed by atoms with E-state index < -0.39 is 0 Å². The number of hydrogen-bond donors (Lipinski definition) is 1. The first-order chi connectivity index (χ1) is 11.5. The van der Waals surface area contributed by atoms with Crippen molar-refractivity contribution in [2.75, 3.05) is 36.4 Å². The molecule has 1 atom stereocenters. The van der Waals surface area contributed by atoms with Gasteiger partial charge in [-0.1, -0.05) is 28.9 Å². The Bertz CT molecular complexity index is 710. The van der Waals surface area contributed by atoms with Crippen LogP contribution in [0.2, 0.25) is 5.02 Å². The Hall–Kier alpha value is -2.05. The average molecular weight is 349 g/mol. The number of carbonyl (C=O) groups is 1. The SMILES string of the molecule is Cc1cc(NC(=O)C(C)N2CCN(c3ccccc3Cl)CC2)no1. The number of nitrogens with zero attached hydrogens (tertiary/aromatic N) is 3. The summed E-state index contributed by atoms with van der Waals surface area (Å²) in [7, 11) is 0. The van der Waals surface area contributed by atoms with E-state index in [0.717, 1.165) is 36.9 Å². The van der Waals surface area contributed by atoms with Crippen molar-refractivity contribution in [1.82, 2.24) is 10.1 Å². The predicted octanol–water partition coefficient (Wildman–Crippen LogP) is 2.79. The Morgan fingerprint density at radius 1 is 1.29 bits per heavy atom. The van der Waals surface area contributed by atoms with Crippen LogP contribution in [0.25, 0.3) is 0 Å². The number of amides is 1. The zero-order valence-corrected chi connectivity index (χ0v) is 14.6. The van der Waals surface area contributed by atoms with Crippen LogP contribution in [0.3, 0.4) is 0 Å². The number of piperazine rings is 1. The number of anilines is 2. The number of para-hydroxylation sites is 1. The molecule has 1 amide bonds. The van der Waals surface area contributed by atoms with Gasteiger partial charge in [0.05, 0.1) is 16.8 Å². The van der Waals surface area contributed by atoms with Gasteiger partial charge in [-0.15, -0.1) is 0 Å². The van der Waals surface area contributed by atoms with E-state index in [-0.39, 0.29) is 11.9 Å². The van der Waals surface area contributed by atoms with Gasteiger partial charge in [0, 0.05) is 32.2 Å². The molecule has 0 radical (unpaired) electrons. The average Bonchev–Trinajstić information content (AvgIpc) is 2.99. The molecule has 0 spiro atoms. The number of rotatable bonds is 4. The van der Waals surface area contributed by atoms with E-state index in [4.69, 9.17) is 16.1 Å². The molecule has 7 heteroatoms. The lowest BCUT2D eigenvalue weighted by molar-refractivity contribution is -0.120. The summed E-state index contributed by atoms with van der Waals surface area (Å²) in [5.74, 6) is 1.06. The summed E-state index contributed by atoms with van der Waals surface area (Å²) in [6, 6.07) is 9.33. The van der Waals surface area contributed by atoms with Crippen molar-refractivity contribution in [3.8, 4) is 0 Å². The normalized spacial score (nSPS) is 16.9. The molecule has 1 N–H and O–H groups in total. The fourth-order valence-corrected chi connectivity index (χ4v) is 3.14. The molecule has 1 aromatic carbocycles. The van der Waals surface area contributed by atoms with Gasteiger partial charge >= 0.3 is 0 Å². The second kappa shape index (κ2) is 7.23. The lowest BCUT2D eigenvalue weighted by Crippen LogP contribution is -2.52. The standard InChI is InChI=1S/C17H21ClN4O2/c1-12-11-16(20-24-12)19-17(23)13(2)21-7-9-22(10-8-21)15-6-4-3-5-14(15)18/h3-6,11,13H,7-10H2,1-2H3,(H,19,20,23). The monoisotopic (exact) mass is 348 g/mol. The van der Waals surface area contributed by atoms with Gasteiger partial charge < -0.3 is 14.7 Å². The molecule has 24 heavy (non-hydrogen) atoms. The van der Waals surface area contributed by atoms with Crippen LogP contribution in [0.5, 0.6) is 0 Å². The van der Waals surface area contributed by atoms with Gasteiger partial charge in [-0.3, -0.25) is 9.69 Å². The molecular formula is C17H21ClN4O2. The molecule has 3 rings (SSSR count). The first-order valence-corrected chi connectivity index (χ1v) is 8.40. The first kappa shape index (κ1) is 16.8. The van der Waals surface area contributed by atoms with Crippen molar-refractivity contribution < 1.29 is 9.32 Å². The molecule has 2 heterocycles. The van der Waals surface area contributed by atoms with E-state index >= 15 is 0 Å². The van der Waals surface area contributed by atoms with Gasteiger partial charge in [-0.25, -0.2) is 0 Å². The third kappa shape index (κ3) is 3.71. The number of aryl methyl sites for hydroxylation is 1. The van der Waals surface area contributed by atoms with Gasteiger partial charge in [-0.05, 0) is 26.0 Å². The largest absolute Gasteiger partial charge is 0.368 e. The summed E-state index contributed by atoms with van der Waals surface area (Å²) in [5, 5.41) is 7.35. The number of benzene rings is 1. The Morgan fingerprint density at radius 2 is 2.00 bits per heavy atom. The maximum Gasteiger partial charge on any atom is 0.242 e. The van der Waals surface area contributed by atoms with Crippen LogP contribution in [0, 0.1) is 6.92 Å². The van der Waals surface area contributed by atoms with Gasteiger partial charge in [0.15, 0.2) is 5.82 Å². The van der Waals surface area contributed by atoms with Gasteiger partial charge in [0.1, 0.15) is 5.76 Å². The summed E-state index contributed by atoms with van der Waals surface area (Å²) in [5.41, 5.74) is 1.05. The molecule has 128 valence electrons. The highest BCUT2D eigenvalue weighted by Gasteiger charge is 2.26. The van der Waals surface area contributed by atoms with Crippen LogP contribution < -0.4 is 10.2 Å². The Kier molecular flexibility index (Phi) is 5.06. The third-order valence-corrected chi connectivity index (χ3v) is 4.63. The fourth-order valence-electron chi connectivity index (χ4n) is 2.88. The number of hydrogen-bond acceptors (Lipinski definition) is 5. The van der Waals surface area contributed by atoms with Crippen LogP contribution in [0.15, 0.2) is 34.9 Å². The Morgan fingerprint density at radius 3 is 2.62 bits per heavy atom. The molecule has 6 nitrogen and oxygen atoms in total. The van der Waals surface area contributed by atoms with Crippen LogP contribution in [0.1, 0.15) is 12.7 Å². The minimum atomic E-state index is -0.226. The fraction of sp³-hybridized carbons (Fsp3) is 0.412. The van der Waals surface area contributed by atoms with E-state index in [1.54, 1.807) is 13.0 Å². The van der Waals surface area contributed by atoms with Crippen molar-refractivity contribution in [2.45, 2.75) is 19.9 Å². The highest BCUT2D eigenvalue weighted by molar-refractivity contribution is 6.33. The van der Waals surface area contributed by atoms with Crippen LogP contribution >= 0.6 is 11.6 Å². The molecule has 0 aliphatic carbocycles. The quantitative estimate of drug-likeness (QED) is 0.920. The maximum absolute atomic E-state index is 12.4. The van der Waals surface area contributed by atoms with Crippen LogP contribution in [-0.2, 0) is 4.79 Å². The summed E-state index contributed by atoms with van der Waals surface area (Å²) >= 11 is 6.26. The first-order valence-electron chi connectivity index (χ1n) is 8.02. The third-order valence-electron chi connectivity index (χ3n) is 4.31. The minimum Gasteiger partial charge on any atom is -0.368 e. The van der Waals surface area contributed by atoms with E-state index in [1.165, 1.54) is 0 Å². The predicted molar refractivity (Wildman–Crippen MR) is 94.6 cm³/mol. The molecule has 1 aromatic heterocycles. The zero-order valence-electron chi connectivity index (χ0n) is 13.8. The number of halogens is 1. The lowest BCUT2D eigenvalue weighted by Gasteiger charge is -2.38. The maximum atomic E-state index is 12.4. The minimum absolute atomic E-state index is 0.0745. The van der Waals surface area contributed by atoms with Crippen LogP contribution in [0.4, 0.5) is 11.5 Å². The molecule has 1 aliphatic heterocycles. The van der Waals surface area contributed by atoms with E-state index in [0.29, 0.717) is 11.6 Å². The smallest absolute Gasteiger partial charge is 0.242 e. The highest BCUT2D eigenvalue weighted by atomic mass is 35.5. The molecule has 1 aliphatic rings. The Balaban J connectivity index is 1.56. The van der Waals surface area contributed by atoms with Crippen molar-refractivity contribution in [1.29, 1.82) is 0 Å². The van der Waals surface area contributed by atoms with Crippen LogP contribution in [-0.4, -0.2) is 48.2 Å². The second-order valence-electron chi connectivity index (χ2n) is 5.96. The van der Waals surface area contributed by atoms with Gasteiger partial charge in [-0.2, -0.15) is 0 Å². The summed E-state index contributed by atoms with van der Waals surface area (Å²) in [6.45, 7) is 6.98. The molecule has 1 saturated heterocycles.